The molecule has 2 rings (SSSR count). The van der Waals surface area contributed by atoms with Crippen molar-refractivity contribution in [1.82, 2.24) is 5.32 Å². The monoisotopic (exact) mass is 292 g/mol. The summed E-state index contributed by atoms with van der Waals surface area (Å²) in [5.74, 6) is 2.60. The van der Waals surface area contributed by atoms with Gasteiger partial charge in [0.25, 0.3) is 0 Å². The van der Waals surface area contributed by atoms with Crippen LogP contribution in [0.15, 0.2) is 24.3 Å². The van der Waals surface area contributed by atoms with Gasteiger partial charge in [-0.3, -0.25) is 10.3 Å². The minimum atomic E-state index is 0.672. The van der Waals surface area contributed by atoms with Crippen LogP contribution in [0.25, 0.3) is 0 Å². The Bertz CT molecular complexity index is 404. The molecule has 0 bridgehead atoms. The maximum Gasteiger partial charge on any atom is 0.144 e. The van der Waals surface area contributed by atoms with E-state index >= 15 is 0 Å². The summed E-state index contributed by atoms with van der Waals surface area (Å²) in [4.78, 5) is 4.94. The molecule has 4 nitrogen and oxygen atoms in total. The normalized spacial score (nSPS) is 22.0. The molecular weight excluding hydrogens is 264 g/mol. The van der Waals surface area contributed by atoms with Gasteiger partial charge in [0, 0.05) is 6.54 Å². The molecule has 2 N–H and O–H groups in total. The molecule has 1 aromatic carbocycles. The van der Waals surface area contributed by atoms with Crippen molar-refractivity contribution >= 4 is 5.69 Å². The van der Waals surface area contributed by atoms with Crippen LogP contribution in [0.4, 0.5) is 5.69 Å². The second-order valence-corrected chi connectivity index (χ2v) is 5.98. The van der Waals surface area contributed by atoms with E-state index in [0.29, 0.717) is 6.61 Å². The lowest BCUT2D eigenvalue weighted by atomic mass is 9.83. The first-order valence-electron chi connectivity index (χ1n) is 8.01. The standard InChI is InChI=1S/C17H28N2O2/c1-14-7-9-15(10-8-14)13-18-11-12-21-17-6-4-3-5-16(17)19-20-2/h3-6,14-15,18-19H,7-13H2,1-2H3. The van der Waals surface area contributed by atoms with Crippen LogP contribution in [-0.4, -0.2) is 26.8 Å². The number of hydrogen-bond acceptors (Lipinski definition) is 4. The molecule has 1 aliphatic carbocycles. The predicted molar refractivity (Wildman–Crippen MR) is 86.6 cm³/mol. The highest BCUT2D eigenvalue weighted by Crippen LogP contribution is 2.27. The number of para-hydroxylation sites is 2. The van der Waals surface area contributed by atoms with E-state index in [0.717, 1.165) is 36.4 Å². The Balaban J connectivity index is 1.61. The molecule has 21 heavy (non-hydrogen) atoms. The fourth-order valence-corrected chi connectivity index (χ4v) is 2.86. The molecule has 0 saturated heterocycles. The maximum atomic E-state index is 5.79. The molecule has 1 aromatic rings. The van der Waals surface area contributed by atoms with Gasteiger partial charge in [-0.2, -0.15) is 0 Å². The average Bonchev–Trinajstić information content (AvgIpc) is 2.51. The summed E-state index contributed by atoms with van der Waals surface area (Å²) in [6, 6.07) is 7.81. The summed E-state index contributed by atoms with van der Waals surface area (Å²) in [6.45, 7) is 5.04. The van der Waals surface area contributed by atoms with Gasteiger partial charge in [-0.15, -0.1) is 0 Å². The number of rotatable bonds is 8. The average molecular weight is 292 g/mol. The van der Waals surface area contributed by atoms with E-state index in [2.05, 4.69) is 17.7 Å². The molecular formula is C17H28N2O2. The summed E-state index contributed by atoms with van der Waals surface area (Å²) < 4.78 is 5.79. The van der Waals surface area contributed by atoms with Gasteiger partial charge in [-0.1, -0.05) is 31.9 Å². The van der Waals surface area contributed by atoms with Gasteiger partial charge < -0.3 is 10.1 Å². The highest BCUT2D eigenvalue weighted by molar-refractivity contribution is 5.54. The number of benzene rings is 1. The van der Waals surface area contributed by atoms with Crippen LogP contribution in [0.3, 0.4) is 0 Å². The van der Waals surface area contributed by atoms with Crippen LogP contribution >= 0.6 is 0 Å². The van der Waals surface area contributed by atoms with Crippen LogP contribution in [-0.2, 0) is 4.84 Å². The Morgan fingerprint density at radius 3 is 2.67 bits per heavy atom. The lowest BCUT2D eigenvalue weighted by Gasteiger charge is -2.26. The van der Waals surface area contributed by atoms with Crippen LogP contribution in [0.2, 0.25) is 0 Å². The Morgan fingerprint density at radius 2 is 1.90 bits per heavy atom. The first kappa shape index (κ1) is 16.1. The van der Waals surface area contributed by atoms with Gasteiger partial charge in [0.1, 0.15) is 18.0 Å². The molecule has 118 valence electrons. The Labute approximate surface area is 128 Å². The fourth-order valence-electron chi connectivity index (χ4n) is 2.86. The van der Waals surface area contributed by atoms with E-state index in [4.69, 9.17) is 9.57 Å². The van der Waals surface area contributed by atoms with E-state index in [1.54, 1.807) is 7.11 Å². The van der Waals surface area contributed by atoms with Crippen molar-refractivity contribution in [3.63, 3.8) is 0 Å². The third-order valence-electron chi connectivity index (χ3n) is 4.20. The van der Waals surface area contributed by atoms with E-state index in [1.807, 2.05) is 24.3 Å². The first-order valence-corrected chi connectivity index (χ1v) is 8.01. The number of ether oxygens (including phenoxy) is 1. The summed E-state index contributed by atoms with van der Waals surface area (Å²) in [6.07, 6.45) is 5.52. The second-order valence-electron chi connectivity index (χ2n) is 5.98. The fraction of sp³-hybridized carbons (Fsp3) is 0.647. The molecule has 0 atom stereocenters. The Morgan fingerprint density at radius 1 is 1.14 bits per heavy atom. The molecule has 4 heteroatoms. The van der Waals surface area contributed by atoms with Gasteiger partial charge in [0.05, 0.1) is 7.11 Å². The molecule has 0 amide bonds. The zero-order chi connectivity index (χ0) is 14.9. The van der Waals surface area contributed by atoms with E-state index in [-0.39, 0.29) is 0 Å². The molecule has 1 saturated carbocycles. The van der Waals surface area contributed by atoms with Crippen molar-refractivity contribution in [2.45, 2.75) is 32.6 Å². The number of hydrogen-bond donors (Lipinski definition) is 2. The molecule has 0 radical (unpaired) electrons. The molecule has 1 aliphatic rings. The van der Waals surface area contributed by atoms with E-state index in [9.17, 15) is 0 Å². The summed E-state index contributed by atoms with van der Waals surface area (Å²) in [5.41, 5.74) is 3.69. The van der Waals surface area contributed by atoms with Gasteiger partial charge in [0.2, 0.25) is 0 Å². The van der Waals surface area contributed by atoms with Crippen LogP contribution in [0.1, 0.15) is 32.6 Å². The molecule has 0 heterocycles. The number of anilines is 1. The number of nitrogens with one attached hydrogen (secondary N) is 2. The highest BCUT2D eigenvalue weighted by Gasteiger charge is 2.17. The molecule has 0 aromatic heterocycles. The van der Waals surface area contributed by atoms with E-state index < -0.39 is 0 Å². The summed E-state index contributed by atoms with van der Waals surface area (Å²) in [7, 11) is 1.60. The zero-order valence-corrected chi connectivity index (χ0v) is 13.2. The molecule has 0 spiro atoms. The van der Waals surface area contributed by atoms with Gasteiger partial charge in [0.15, 0.2) is 0 Å². The van der Waals surface area contributed by atoms with Crippen molar-refractivity contribution in [1.29, 1.82) is 0 Å². The van der Waals surface area contributed by atoms with Crippen molar-refractivity contribution in [2.75, 3.05) is 32.3 Å². The SMILES string of the molecule is CONc1ccccc1OCCNCC1CCC(C)CC1. The Kier molecular flexibility index (Phi) is 6.83. The van der Waals surface area contributed by atoms with Gasteiger partial charge in [-0.25, -0.2) is 0 Å². The van der Waals surface area contributed by atoms with Gasteiger partial charge >= 0.3 is 0 Å². The summed E-state index contributed by atoms with van der Waals surface area (Å²) >= 11 is 0. The Hall–Kier alpha value is -1.26. The lowest BCUT2D eigenvalue weighted by molar-refractivity contribution is 0.258. The zero-order valence-electron chi connectivity index (χ0n) is 13.2. The third-order valence-corrected chi connectivity index (χ3v) is 4.20. The minimum absolute atomic E-state index is 0.672. The first-order chi connectivity index (χ1) is 10.3. The van der Waals surface area contributed by atoms with Crippen LogP contribution < -0.4 is 15.5 Å². The van der Waals surface area contributed by atoms with E-state index in [1.165, 1.54) is 25.7 Å². The van der Waals surface area contributed by atoms with Crippen molar-refractivity contribution in [2.24, 2.45) is 11.8 Å². The summed E-state index contributed by atoms with van der Waals surface area (Å²) in [5, 5.41) is 3.51. The van der Waals surface area contributed by atoms with Crippen molar-refractivity contribution in [3.05, 3.63) is 24.3 Å². The molecule has 0 aliphatic heterocycles. The third kappa shape index (κ3) is 5.56. The van der Waals surface area contributed by atoms with Crippen molar-refractivity contribution in [3.8, 4) is 5.75 Å². The van der Waals surface area contributed by atoms with Gasteiger partial charge in [-0.05, 0) is 43.4 Å². The van der Waals surface area contributed by atoms with Crippen molar-refractivity contribution < 1.29 is 9.57 Å². The van der Waals surface area contributed by atoms with Crippen LogP contribution in [0.5, 0.6) is 5.75 Å². The lowest BCUT2D eigenvalue weighted by Crippen LogP contribution is -2.29. The second kappa shape index (κ2) is 8.90. The largest absolute Gasteiger partial charge is 0.490 e. The molecule has 0 unspecified atom stereocenters. The quantitative estimate of drug-likeness (QED) is 0.569. The minimum Gasteiger partial charge on any atom is -0.490 e. The molecule has 1 fully saturated rings. The van der Waals surface area contributed by atoms with Crippen LogP contribution in [0, 0.1) is 11.8 Å². The topological polar surface area (TPSA) is 42.5 Å². The smallest absolute Gasteiger partial charge is 0.144 e. The highest BCUT2D eigenvalue weighted by atomic mass is 16.6. The maximum absolute atomic E-state index is 5.79. The predicted octanol–water partition coefficient (Wildman–Crippen LogP) is 3.45.